The Kier molecular flexibility index (Phi) is 3.54. The van der Waals surface area contributed by atoms with Crippen molar-refractivity contribution in [2.45, 2.75) is 6.92 Å². The second-order valence-corrected chi connectivity index (χ2v) is 4.97. The van der Waals surface area contributed by atoms with Crippen molar-refractivity contribution >= 4 is 11.6 Å². The first kappa shape index (κ1) is 14.5. The Morgan fingerprint density at radius 2 is 1.77 bits per heavy atom. The van der Waals surface area contributed by atoms with Crippen molar-refractivity contribution in [2.75, 3.05) is 0 Å². The van der Waals surface area contributed by atoms with E-state index in [0.717, 1.165) is 16.8 Å². The molecule has 22 heavy (non-hydrogen) atoms. The van der Waals surface area contributed by atoms with Crippen molar-refractivity contribution in [1.82, 2.24) is 9.78 Å². The van der Waals surface area contributed by atoms with Crippen molar-refractivity contribution in [1.29, 1.82) is 0 Å². The SMILES string of the molecule is Cc1c(Cl)cccc1-n1nc(-c2c(F)cccc2F)oc1=O. The van der Waals surface area contributed by atoms with E-state index >= 15 is 0 Å². The highest BCUT2D eigenvalue weighted by Gasteiger charge is 2.20. The molecule has 3 rings (SSSR count). The van der Waals surface area contributed by atoms with Gasteiger partial charge in [0.2, 0.25) is 0 Å². The second-order valence-electron chi connectivity index (χ2n) is 4.57. The third kappa shape index (κ3) is 2.31. The Morgan fingerprint density at radius 1 is 1.14 bits per heavy atom. The van der Waals surface area contributed by atoms with E-state index in [1.807, 2.05) is 0 Å². The predicted octanol–water partition coefficient (Wildman–Crippen LogP) is 3.73. The standard InChI is InChI=1S/C15H9ClF2N2O2/c1-8-9(16)4-2-7-12(8)20-15(21)22-14(19-20)13-10(17)5-3-6-11(13)18/h2-7H,1H3. The Labute approximate surface area is 128 Å². The van der Waals surface area contributed by atoms with Crippen LogP contribution in [0.25, 0.3) is 17.1 Å². The molecule has 7 heteroatoms. The minimum atomic E-state index is -0.865. The lowest BCUT2D eigenvalue weighted by atomic mass is 10.2. The molecule has 1 aromatic heterocycles. The third-order valence-corrected chi connectivity index (χ3v) is 3.60. The molecular weight excluding hydrogens is 314 g/mol. The second kappa shape index (κ2) is 5.38. The fourth-order valence-corrected chi connectivity index (χ4v) is 2.23. The van der Waals surface area contributed by atoms with Crippen LogP contribution in [0.1, 0.15) is 5.56 Å². The smallest absolute Gasteiger partial charge is 0.387 e. The molecule has 0 bridgehead atoms. The topological polar surface area (TPSA) is 48.0 Å². The predicted molar refractivity (Wildman–Crippen MR) is 77.2 cm³/mol. The molecule has 4 nitrogen and oxygen atoms in total. The van der Waals surface area contributed by atoms with E-state index in [9.17, 15) is 13.6 Å². The van der Waals surface area contributed by atoms with Crippen molar-refractivity contribution in [3.63, 3.8) is 0 Å². The zero-order chi connectivity index (χ0) is 15.9. The van der Waals surface area contributed by atoms with Gasteiger partial charge in [-0.3, -0.25) is 0 Å². The van der Waals surface area contributed by atoms with Crippen molar-refractivity contribution < 1.29 is 13.2 Å². The lowest BCUT2D eigenvalue weighted by Crippen LogP contribution is -2.14. The summed E-state index contributed by atoms with van der Waals surface area (Å²) in [5.74, 6) is -3.02. The molecule has 0 amide bonds. The average Bonchev–Trinajstić information content (AvgIpc) is 2.83. The highest BCUT2D eigenvalue weighted by atomic mass is 35.5. The molecular formula is C15H9ClF2N2O2. The number of rotatable bonds is 2. The van der Waals surface area contributed by atoms with Gasteiger partial charge in [-0.15, -0.1) is 5.10 Å². The maximum absolute atomic E-state index is 13.8. The summed E-state index contributed by atoms with van der Waals surface area (Å²) in [6, 6.07) is 8.22. The molecule has 0 saturated carbocycles. The first-order valence-electron chi connectivity index (χ1n) is 6.29. The van der Waals surface area contributed by atoms with Crippen LogP contribution in [0, 0.1) is 18.6 Å². The third-order valence-electron chi connectivity index (χ3n) is 3.19. The summed E-state index contributed by atoms with van der Waals surface area (Å²) in [7, 11) is 0. The zero-order valence-corrected chi connectivity index (χ0v) is 12.1. The summed E-state index contributed by atoms with van der Waals surface area (Å²) in [6.07, 6.45) is 0. The number of hydrogen-bond donors (Lipinski definition) is 0. The van der Waals surface area contributed by atoms with E-state index in [0.29, 0.717) is 16.3 Å². The van der Waals surface area contributed by atoms with Gasteiger partial charge in [0.1, 0.15) is 17.2 Å². The fourth-order valence-electron chi connectivity index (χ4n) is 2.06. The Balaban J connectivity index is 2.21. The number of hydrogen-bond acceptors (Lipinski definition) is 3. The van der Waals surface area contributed by atoms with E-state index in [-0.39, 0.29) is 0 Å². The summed E-state index contributed by atoms with van der Waals surface area (Å²) in [6.45, 7) is 1.70. The number of halogens is 3. The van der Waals surface area contributed by atoms with Crippen LogP contribution < -0.4 is 5.76 Å². The van der Waals surface area contributed by atoms with Gasteiger partial charge >= 0.3 is 5.76 Å². The molecule has 0 aliphatic rings. The van der Waals surface area contributed by atoms with E-state index in [4.69, 9.17) is 16.0 Å². The van der Waals surface area contributed by atoms with Gasteiger partial charge in [0.15, 0.2) is 0 Å². The quantitative estimate of drug-likeness (QED) is 0.722. The van der Waals surface area contributed by atoms with E-state index in [1.54, 1.807) is 25.1 Å². The van der Waals surface area contributed by atoms with Gasteiger partial charge in [0.05, 0.1) is 5.69 Å². The summed E-state index contributed by atoms with van der Waals surface area (Å²) in [5.41, 5.74) is 0.488. The number of aromatic nitrogens is 2. The maximum atomic E-state index is 13.8. The van der Waals surface area contributed by atoms with Crippen LogP contribution in [0.5, 0.6) is 0 Å². The average molecular weight is 323 g/mol. The largest absolute Gasteiger partial charge is 0.442 e. The first-order chi connectivity index (χ1) is 10.5. The Bertz CT molecular complexity index is 898. The van der Waals surface area contributed by atoms with Gasteiger partial charge in [-0.2, -0.15) is 4.68 Å². The van der Waals surface area contributed by atoms with Crippen molar-refractivity contribution in [3.8, 4) is 17.1 Å². The molecule has 0 unspecified atom stereocenters. The van der Waals surface area contributed by atoms with Gasteiger partial charge < -0.3 is 4.42 Å². The summed E-state index contributed by atoms with van der Waals surface area (Å²) < 4.78 is 33.3. The molecule has 0 spiro atoms. The van der Waals surface area contributed by atoms with Crippen LogP contribution in [-0.2, 0) is 0 Å². The van der Waals surface area contributed by atoms with Gasteiger partial charge in [0, 0.05) is 5.02 Å². The zero-order valence-electron chi connectivity index (χ0n) is 11.3. The van der Waals surface area contributed by atoms with E-state index in [1.165, 1.54) is 6.07 Å². The van der Waals surface area contributed by atoms with Crippen LogP contribution >= 0.6 is 11.6 Å². The normalized spacial score (nSPS) is 10.9. The molecule has 0 fully saturated rings. The van der Waals surface area contributed by atoms with Crippen LogP contribution in [0.3, 0.4) is 0 Å². The minimum Gasteiger partial charge on any atom is -0.387 e. The Morgan fingerprint density at radius 3 is 2.45 bits per heavy atom. The molecule has 2 aromatic carbocycles. The highest BCUT2D eigenvalue weighted by molar-refractivity contribution is 6.31. The molecule has 0 radical (unpaired) electrons. The Hall–Kier alpha value is -2.47. The lowest BCUT2D eigenvalue weighted by molar-refractivity contribution is 0.503. The molecule has 3 aromatic rings. The molecule has 0 aliphatic carbocycles. The molecule has 0 saturated heterocycles. The molecule has 0 N–H and O–H groups in total. The van der Waals surface area contributed by atoms with Gasteiger partial charge in [-0.1, -0.05) is 23.7 Å². The molecule has 1 heterocycles. The van der Waals surface area contributed by atoms with Crippen molar-refractivity contribution in [2.24, 2.45) is 0 Å². The van der Waals surface area contributed by atoms with Gasteiger partial charge in [-0.25, -0.2) is 13.6 Å². The minimum absolute atomic E-state index is 0.379. The summed E-state index contributed by atoms with van der Waals surface area (Å²) in [4.78, 5) is 11.9. The molecule has 112 valence electrons. The van der Waals surface area contributed by atoms with Gasteiger partial charge in [-0.05, 0) is 36.8 Å². The van der Waals surface area contributed by atoms with Crippen LogP contribution in [-0.4, -0.2) is 9.78 Å². The fraction of sp³-hybridized carbons (Fsp3) is 0.0667. The monoisotopic (exact) mass is 322 g/mol. The first-order valence-corrected chi connectivity index (χ1v) is 6.67. The number of nitrogens with zero attached hydrogens (tertiary/aromatic N) is 2. The van der Waals surface area contributed by atoms with Crippen molar-refractivity contribution in [3.05, 3.63) is 69.2 Å². The summed E-state index contributed by atoms with van der Waals surface area (Å²) >= 11 is 6.00. The van der Waals surface area contributed by atoms with Crippen LogP contribution in [0.2, 0.25) is 5.02 Å². The van der Waals surface area contributed by atoms with E-state index in [2.05, 4.69) is 5.10 Å². The maximum Gasteiger partial charge on any atom is 0.442 e. The van der Waals surface area contributed by atoms with Gasteiger partial charge in [0.25, 0.3) is 5.89 Å². The van der Waals surface area contributed by atoms with Crippen LogP contribution in [0.4, 0.5) is 8.78 Å². The summed E-state index contributed by atoms with van der Waals surface area (Å²) in [5, 5.41) is 4.31. The van der Waals surface area contributed by atoms with E-state index < -0.39 is 28.8 Å². The lowest BCUT2D eigenvalue weighted by Gasteiger charge is -2.04. The molecule has 0 atom stereocenters. The molecule has 0 aliphatic heterocycles. The van der Waals surface area contributed by atoms with Crippen LogP contribution in [0.15, 0.2) is 45.6 Å². The highest BCUT2D eigenvalue weighted by Crippen LogP contribution is 2.25. The number of benzene rings is 2.